The van der Waals surface area contributed by atoms with Crippen LogP contribution in [0.15, 0.2) is 41.8 Å². The maximum absolute atomic E-state index is 6.45. The highest BCUT2D eigenvalue weighted by Crippen LogP contribution is 2.48. The number of benzene rings is 2. The summed E-state index contributed by atoms with van der Waals surface area (Å²) in [6.07, 6.45) is 5.41. The van der Waals surface area contributed by atoms with Crippen molar-refractivity contribution in [2.24, 2.45) is 0 Å². The van der Waals surface area contributed by atoms with Crippen LogP contribution < -0.4 is 23.7 Å². The number of ether oxygens (including phenoxy) is 6. The predicted molar refractivity (Wildman–Crippen MR) is 122 cm³/mol. The molecule has 0 aliphatic carbocycles. The largest absolute Gasteiger partial charge is 0.493 e. The van der Waals surface area contributed by atoms with Gasteiger partial charge in [-0.25, -0.2) is 0 Å². The second-order valence-corrected chi connectivity index (χ2v) is 7.85. The summed E-state index contributed by atoms with van der Waals surface area (Å²) >= 11 is 1.62. The first kappa shape index (κ1) is 23.2. The van der Waals surface area contributed by atoms with Crippen LogP contribution in [0.4, 0.5) is 0 Å². The van der Waals surface area contributed by atoms with E-state index in [-0.39, 0.29) is 12.2 Å². The summed E-state index contributed by atoms with van der Waals surface area (Å²) in [6.45, 7) is 4.14. The normalized spacial score (nSPS) is 17.8. The first-order chi connectivity index (χ1) is 15.1. The lowest BCUT2D eigenvalue weighted by Gasteiger charge is -2.20. The van der Waals surface area contributed by atoms with E-state index in [1.54, 1.807) is 46.3 Å². The fourth-order valence-electron chi connectivity index (χ4n) is 3.79. The van der Waals surface area contributed by atoms with E-state index in [1.165, 1.54) is 0 Å². The second kappa shape index (κ2) is 10.7. The molecule has 2 aromatic rings. The van der Waals surface area contributed by atoms with Gasteiger partial charge in [-0.05, 0) is 54.5 Å². The van der Waals surface area contributed by atoms with Crippen molar-refractivity contribution < 1.29 is 28.4 Å². The van der Waals surface area contributed by atoms with Crippen LogP contribution >= 0.6 is 11.8 Å². The van der Waals surface area contributed by atoms with Crippen molar-refractivity contribution in [3.8, 4) is 28.7 Å². The van der Waals surface area contributed by atoms with Gasteiger partial charge >= 0.3 is 0 Å². The third kappa shape index (κ3) is 4.88. The Bertz CT molecular complexity index is 863. The van der Waals surface area contributed by atoms with E-state index in [1.807, 2.05) is 24.5 Å². The maximum Gasteiger partial charge on any atom is 0.203 e. The molecule has 3 rings (SSSR count). The Kier molecular flexibility index (Phi) is 7.98. The first-order valence-corrected chi connectivity index (χ1v) is 11.3. The Morgan fingerprint density at radius 1 is 0.871 bits per heavy atom. The van der Waals surface area contributed by atoms with Gasteiger partial charge in [-0.1, -0.05) is 12.7 Å². The van der Waals surface area contributed by atoms with Crippen LogP contribution in [-0.4, -0.2) is 41.3 Å². The average Bonchev–Trinajstić information content (AvgIpc) is 3.31. The van der Waals surface area contributed by atoms with Crippen molar-refractivity contribution in [2.75, 3.05) is 41.3 Å². The maximum atomic E-state index is 6.45. The molecule has 1 aliphatic heterocycles. The number of hydrogen-bond acceptors (Lipinski definition) is 7. The molecule has 0 spiro atoms. The van der Waals surface area contributed by atoms with Crippen LogP contribution in [0.5, 0.6) is 28.7 Å². The van der Waals surface area contributed by atoms with Gasteiger partial charge in [0.1, 0.15) is 6.61 Å². The topological polar surface area (TPSA) is 55.4 Å². The van der Waals surface area contributed by atoms with Gasteiger partial charge in [0, 0.05) is 0 Å². The minimum absolute atomic E-state index is 0.0441. The molecule has 2 atom stereocenters. The fourth-order valence-corrected chi connectivity index (χ4v) is 4.38. The minimum atomic E-state index is -0.0703. The Morgan fingerprint density at radius 2 is 1.39 bits per heavy atom. The Balaban J connectivity index is 1.88. The third-order valence-corrected chi connectivity index (χ3v) is 6.02. The average molecular weight is 447 g/mol. The molecule has 1 aliphatic rings. The molecule has 7 heteroatoms. The number of thioether (sulfide) groups is 1. The van der Waals surface area contributed by atoms with Gasteiger partial charge in [-0.2, -0.15) is 0 Å². The molecule has 0 unspecified atom stereocenters. The van der Waals surface area contributed by atoms with Gasteiger partial charge in [0.15, 0.2) is 23.0 Å². The summed E-state index contributed by atoms with van der Waals surface area (Å²) in [4.78, 5) is 1.01. The van der Waals surface area contributed by atoms with E-state index >= 15 is 0 Å². The van der Waals surface area contributed by atoms with Crippen LogP contribution in [0, 0.1) is 0 Å². The highest BCUT2D eigenvalue weighted by atomic mass is 32.2. The molecular formula is C24H30O6S. The van der Waals surface area contributed by atoms with Crippen molar-refractivity contribution in [1.82, 2.24) is 0 Å². The van der Waals surface area contributed by atoms with Crippen LogP contribution in [0.1, 0.15) is 36.2 Å². The molecule has 0 saturated carbocycles. The summed E-state index contributed by atoms with van der Waals surface area (Å²) in [7, 11) is 6.48. The highest BCUT2D eigenvalue weighted by Gasteiger charge is 2.30. The van der Waals surface area contributed by atoms with Gasteiger partial charge in [0.05, 0.1) is 45.5 Å². The van der Waals surface area contributed by atoms with E-state index in [2.05, 4.69) is 12.6 Å². The standard InChI is InChI=1S/C24H30O6S/c1-7-10-29-24-21(27-4)13-16(14-22(24)31-6)18-9-8-17(30-18)15-11-19(25-2)23(28-5)20(12-15)26-3/h7,11-14,17-18H,1,8-10H2,2-6H3/t17-,18+/m1/s1. The molecular weight excluding hydrogens is 416 g/mol. The molecule has 0 bridgehead atoms. The molecule has 1 fully saturated rings. The Labute approximate surface area is 188 Å². The molecule has 0 radical (unpaired) electrons. The molecule has 6 nitrogen and oxygen atoms in total. The highest BCUT2D eigenvalue weighted by molar-refractivity contribution is 7.98. The number of methoxy groups -OCH3 is 4. The quantitative estimate of drug-likeness (QED) is 0.348. The lowest BCUT2D eigenvalue weighted by Crippen LogP contribution is -2.04. The zero-order valence-corrected chi connectivity index (χ0v) is 19.5. The van der Waals surface area contributed by atoms with Gasteiger partial charge in [-0.15, -0.1) is 11.8 Å². The molecule has 1 saturated heterocycles. The third-order valence-electron chi connectivity index (χ3n) is 5.28. The van der Waals surface area contributed by atoms with E-state index in [4.69, 9.17) is 28.4 Å². The van der Waals surface area contributed by atoms with Crippen LogP contribution in [0.2, 0.25) is 0 Å². The van der Waals surface area contributed by atoms with E-state index < -0.39 is 0 Å². The summed E-state index contributed by atoms with van der Waals surface area (Å²) in [5, 5.41) is 0. The lowest BCUT2D eigenvalue weighted by atomic mass is 10.0. The molecule has 31 heavy (non-hydrogen) atoms. The van der Waals surface area contributed by atoms with Gasteiger partial charge in [0.25, 0.3) is 0 Å². The van der Waals surface area contributed by atoms with Crippen molar-refractivity contribution >= 4 is 11.8 Å². The zero-order valence-electron chi connectivity index (χ0n) is 18.7. The van der Waals surface area contributed by atoms with E-state index in [9.17, 15) is 0 Å². The first-order valence-electron chi connectivity index (χ1n) is 10.0. The van der Waals surface area contributed by atoms with Crippen LogP contribution in [-0.2, 0) is 4.74 Å². The Hall–Kier alpha value is -2.51. The lowest BCUT2D eigenvalue weighted by molar-refractivity contribution is 0.0435. The molecule has 0 amide bonds. The van der Waals surface area contributed by atoms with Gasteiger partial charge < -0.3 is 28.4 Å². The van der Waals surface area contributed by atoms with Crippen molar-refractivity contribution in [2.45, 2.75) is 29.9 Å². The van der Waals surface area contributed by atoms with Crippen molar-refractivity contribution in [1.29, 1.82) is 0 Å². The summed E-state index contributed by atoms with van der Waals surface area (Å²) < 4.78 is 34.3. The van der Waals surface area contributed by atoms with Crippen LogP contribution in [0.3, 0.4) is 0 Å². The summed E-state index contributed by atoms with van der Waals surface area (Å²) in [5.41, 5.74) is 2.07. The predicted octanol–water partition coefficient (Wildman–Crippen LogP) is 5.60. The second-order valence-electron chi connectivity index (χ2n) is 7.00. The van der Waals surface area contributed by atoms with Gasteiger partial charge in [0.2, 0.25) is 5.75 Å². The zero-order chi connectivity index (χ0) is 22.4. The fraction of sp³-hybridized carbons (Fsp3) is 0.417. The van der Waals surface area contributed by atoms with Crippen molar-refractivity contribution in [3.63, 3.8) is 0 Å². The summed E-state index contributed by atoms with van der Waals surface area (Å²) in [6, 6.07) is 8.03. The summed E-state index contributed by atoms with van der Waals surface area (Å²) in [5.74, 6) is 3.26. The Morgan fingerprint density at radius 3 is 1.84 bits per heavy atom. The monoisotopic (exact) mass is 446 g/mol. The molecule has 168 valence electrons. The molecule has 0 N–H and O–H groups in total. The molecule has 1 heterocycles. The van der Waals surface area contributed by atoms with Gasteiger partial charge in [-0.3, -0.25) is 0 Å². The minimum Gasteiger partial charge on any atom is -0.493 e. The van der Waals surface area contributed by atoms with Crippen LogP contribution in [0.25, 0.3) is 0 Å². The number of rotatable bonds is 10. The van der Waals surface area contributed by atoms with Crippen molar-refractivity contribution in [3.05, 3.63) is 48.0 Å². The SMILES string of the molecule is C=CCOc1c(OC)cc([C@@H]2CC[C@H](c3cc(OC)c(OC)c(OC)c3)O2)cc1SC. The smallest absolute Gasteiger partial charge is 0.203 e. The molecule has 2 aromatic carbocycles. The number of hydrogen-bond donors (Lipinski definition) is 0. The van der Waals surface area contributed by atoms with E-state index in [0.29, 0.717) is 29.6 Å². The molecule has 0 aromatic heterocycles. The van der Waals surface area contributed by atoms with E-state index in [0.717, 1.165) is 34.6 Å².